The second kappa shape index (κ2) is 17.7. The Morgan fingerprint density at radius 1 is 0.727 bits per heavy atom. The van der Waals surface area contributed by atoms with E-state index in [1.165, 1.54) is 44.9 Å². The van der Waals surface area contributed by atoms with E-state index in [9.17, 15) is 4.79 Å². The van der Waals surface area contributed by atoms with E-state index in [-0.39, 0.29) is 6.42 Å². The van der Waals surface area contributed by atoms with Crippen molar-refractivity contribution in [1.29, 1.82) is 0 Å². The topological polar surface area (TPSA) is 37.3 Å². The minimum Gasteiger partial charge on any atom is -0.481 e. The van der Waals surface area contributed by atoms with Crippen LogP contribution in [0.15, 0.2) is 36.5 Å². The zero-order valence-corrected chi connectivity index (χ0v) is 14.3. The van der Waals surface area contributed by atoms with Crippen LogP contribution in [0.3, 0.4) is 0 Å². The standard InChI is InChI=1S/C20H34O2/c1-2-3-4-5-6-7-8-9-10-11-12-13-14-15-16-17-18-19-20(21)22/h9-10,12-13,15-16H,2-8,11,14,17-19H2,1H3,(H,21,22)/b10-9-,13-12+,16-15-. The fourth-order valence-electron chi connectivity index (χ4n) is 2.19. The Morgan fingerprint density at radius 3 is 1.82 bits per heavy atom. The van der Waals surface area contributed by atoms with Gasteiger partial charge in [0.05, 0.1) is 0 Å². The minimum absolute atomic E-state index is 0.267. The van der Waals surface area contributed by atoms with Gasteiger partial charge in [-0.2, -0.15) is 0 Å². The van der Waals surface area contributed by atoms with Gasteiger partial charge in [0.25, 0.3) is 0 Å². The van der Waals surface area contributed by atoms with Gasteiger partial charge in [-0.1, -0.05) is 75.5 Å². The molecule has 0 aliphatic rings. The van der Waals surface area contributed by atoms with E-state index in [1.807, 2.05) is 0 Å². The van der Waals surface area contributed by atoms with Crippen LogP contribution >= 0.6 is 0 Å². The third-order valence-electron chi connectivity index (χ3n) is 3.53. The Bertz CT molecular complexity index is 327. The number of aliphatic carboxylic acids is 1. The summed E-state index contributed by atoms with van der Waals surface area (Å²) in [4.78, 5) is 10.3. The summed E-state index contributed by atoms with van der Waals surface area (Å²) >= 11 is 0. The lowest BCUT2D eigenvalue weighted by molar-refractivity contribution is -0.137. The first kappa shape index (κ1) is 20.7. The molecule has 0 aliphatic heterocycles. The number of hydrogen-bond acceptors (Lipinski definition) is 1. The fraction of sp³-hybridized carbons (Fsp3) is 0.650. The summed E-state index contributed by atoms with van der Waals surface area (Å²) in [5.41, 5.74) is 0. The van der Waals surface area contributed by atoms with Crippen LogP contribution in [0.1, 0.15) is 84.0 Å². The van der Waals surface area contributed by atoms with Gasteiger partial charge in [-0.3, -0.25) is 4.79 Å². The molecule has 0 atom stereocenters. The van der Waals surface area contributed by atoms with Crippen molar-refractivity contribution in [1.82, 2.24) is 0 Å². The van der Waals surface area contributed by atoms with Crippen molar-refractivity contribution in [2.75, 3.05) is 0 Å². The number of carboxylic acids is 1. The van der Waals surface area contributed by atoms with Gasteiger partial charge in [0.15, 0.2) is 0 Å². The fourth-order valence-corrected chi connectivity index (χ4v) is 2.19. The van der Waals surface area contributed by atoms with Crippen LogP contribution in [0.25, 0.3) is 0 Å². The van der Waals surface area contributed by atoms with E-state index in [0.29, 0.717) is 0 Å². The van der Waals surface area contributed by atoms with Gasteiger partial charge in [0.1, 0.15) is 0 Å². The van der Waals surface area contributed by atoms with Gasteiger partial charge in [-0.15, -0.1) is 0 Å². The number of carboxylic acid groups (broad SMARTS) is 1. The van der Waals surface area contributed by atoms with Gasteiger partial charge >= 0.3 is 5.97 Å². The molecule has 0 amide bonds. The molecule has 1 N–H and O–H groups in total. The Hall–Kier alpha value is -1.31. The second-order valence-electron chi connectivity index (χ2n) is 5.73. The number of carbonyl (C=O) groups is 1. The molecule has 0 aromatic carbocycles. The summed E-state index contributed by atoms with van der Waals surface area (Å²) in [5.74, 6) is -0.707. The third kappa shape index (κ3) is 18.7. The zero-order valence-electron chi connectivity index (χ0n) is 14.3. The van der Waals surface area contributed by atoms with Gasteiger partial charge < -0.3 is 5.11 Å². The Balaban J connectivity index is 3.30. The number of unbranched alkanes of at least 4 members (excludes halogenated alkanes) is 7. The molecular formula is C20H34O2. The van der Waals surface area contributed by atoms with E-state index in [1.54, 1.807) is 0 Å². The van der Waals surface area contributed by atoms with Gasteiger partial charge in [0.2, 0.25) is 0 Å². The monoisotopic (exact) mass is 306 g/mol. The van der Waals surface area contributed by atoms with Crippen LogP contribution in [0.5, 0.6) is 0 Å². The molecule has 0 heterocycles. The summed E-state index contributed by atoms with van der Waals surface area (Å²) in [6.07, 6.45) is 26.3. The van der Waals surface area contributed by atoms with Crippen LogP contribution < -0.4 is 0 Å². The lowest BCUT2D eigenvalue weighted by Crippen LogP contribution is -1.92. The lowest BCUT2D eigenvalue weighted by atomic mass is 10.1. The van der Waals surface area contributed by atoms with Gasteiger partial charge in [-0.05, 0) is 38.5 Å². The van der Waals surface area contributed by atoms with E-state index in [0.717, 1.165) is 25.7 Å². The smallest absolute Gasteiger partial charge is 0.303 e. The highest BCUT2D eigenvalue weighted by molar-refractivity contribution is 5.66. The van der Waals surface area contributed by atoms with Crippen LogP contribution in [-0.4, -0.2) is 11.1 Å². The quantitative estimate of drug-likeness (QED) is 0.279. The molecule has 0 bridgehead atoms. The zero-order chi connectivity index (χ0) is 16.3. The molecule has 0 unspecified atom stereocenters. The SMILES string of the molecule is CCCCCCCC/C=C\C/C=C/C/C=C\CCCC(=O)O. The first-order chi connectivity index (χ1) is 10.8. The van der Waals surface area contributed by atoms with E-state index in [4.69, 9.17) is 5.11 Å². The van der Waals surface area contributed by atoms with Crippen molar-refractivity contribution in [2.24, 2.45) is 0 Å². The Kier molecular flexibility index (Phi) is 16.7. The maximum absolute atomic E-state index is 10.3. The second-order valence-corrected chi connectivity index (χ2v) is 5.73. The number of allylic oxidation sites excluding steroid dienone is 6. The maximum Gasteiger partial charge on any atom is 0.303 e. The average molecular weight is 306 g/mol. The first-order valence-electron chi connectivity index (χ1n) is 8.94. The van der Waals surface area contributed by atoms with Crippen molar-refractivity contribution in [2.45, 2.75) is 84.0 Å². The van der Waals surface area contributed by atoms with Crippen LogP contribution in [0.2, 0.25) is 0 Å². The third-order valence-corrected chi connectivity index (χ3v) is 3.53. The van der Waals surface area contributed by atoms with Crippen molar-refractivity contribution >= 4 is 5.97 Å². The van der Waals surface area contributed by atoms with Crippen molar-refractivity contribution < 1.29 is 9.90 Å². The predicted octanol–water partition coefficient (Wildman–Crippen LogP) is 6.44. The van der Waals surface area contributed by atoms with Crippen molar-refractivity contribution in [3.8, 4) is 0 Å². The summed E-state index contributed by atoms with van der Waals surface area (Å²) in [6.45, 7) is 2.26. The maximum atomic E-state index is 10.3. The summed E-state index contributed by atoms with van der Waals surface area (Å²) < 4.78 is 0. The Morgan fingerprint density at radius 2 is 1.23 bits per heavy atom. The molecule has 0 aromatic heterocycles. The average Bonchev–Trinajstić information content (AvgIpc) is 2.50. The first-order valence-corrected chi connectivity index (χ1v) is 8.94. The predicted molar refractivity (Wildman–Crippen MR) is 96.1 cm³/mol. The van der Waals surface area contributed by atoms with Crippen LogP contribution in [-0.2, 0) is 4.79 Å². The van der Waals surface area contributed by atoms with Crippen molar-refractivity contribution in [3.63, 3.8) is 0 Å². The van der Waals surface area contributed by atoms with Crippen LogP contribution in [0.4, 0.5) is 0 Å². The molecule has 0 radical (unpaired) electrons. The van der Waals surface area contributed by atoms with Crippen molar-refractivity contribution in [3.05, 3.63) is 36.5 Å². The van der Waals surface area contributed by atoms with Crippen LogP contribution in [0, 0.1) is 0 Å². The molecule has 2 nitrogen and oxygen atoms in total. The normalized spacial score (nSPS) is 12.0. The van der Waals surface area contributed by atoms with E-state index in [2.05, 4.69) is 43.4 Å². The minimum atomic E-state index is -0.707. The highest BCUT2D eigenvalue weighted by Gasteiger charge is 1.92. The Labute approximate surface area is 137 Å². The molecule has 0 aromatic rings. The number of rotatable bonds is 15. The molecule has 0 rings (SSSR count). The van der Waals surface area contributed by atoms with Gasteiger partial charge in [0, 0.05) is 6.42 Å². The van der Waals surface area contributed by atoms with E-state index >= 15 is 0 Å². The molecule has 0 saturated heterocycles. The molecule has 126 valence electrons. The molecule has 0 spiro atoms. The summed E-state index contributed by atoms with van der Waals surface area (Å²) in [7, 11) is 0. The lowest BCUT2D eigenvalue weighted by Gasteiger charge is -1.97. The largest absolute Gasteiger partial charge is 0.481 e. The molecule has 0 aliphatic carbocycles. The molecule has 0 fully saturated rings. The number of hydrogen-bond donors (Lipinski definition) is 1. The summed E-state index contributed by atoms with van der Waals surface area (Å²) in [5, 5.41) is 8.50. The molecule has 2 heteroatoms. The molecule has 22 heavy (non-hydrogen) atoms. The molecule has 0 saturated carbocycles. The van der Waals surface area contributed by atoms with E-state index < -0.39 is 5.97 Å². The highest BCUT2D eigenvalue weighted by Crippen LogP contribution is 2.07. The molecular weight excluding hydrogens is 272 g/mol. The highest BCUT2D eigenvalue weighted by atomic mass is 16.4. The van der Waals surface area contributed by atoms with Gasteiger partial charge in [-0.25, -0.2) is 0 Å². The summed E-state index contributed by atoms with van der Waals surface area (Å²) in [6, 6.07) is 0.